The second kappa shape index (κ2) is 7.21. The molecule has 1 aromatic heterocycles. The smallest absolute Gasteiger partial charge is 0.356 e. The van der Waals surface area contributed by atoms with Gasteiger partial charge in [-0.2, -0.15) is 0 Å². The molecule has 0 aliphatic heterocycles. The number of carbonyl (C=O) groups excluding carboxylic acids is 2. The molecule has 0 aliphatic rings. The molecule has 1 amide bonds. The number of rotatable bonds is 5. The Morgan fingerprint density at radius 3 is 2.44 bits per heavy atom. The minimum Gasteiger partial charge on any atom is -0.464 e. The largest absolute Gasteiger partial charge is 0.464 e. The van der Waals surface area contributed by atoms with Crippen LogP contribution in [0.25, 0.3) is 10.9 Å². The monoisotopic (exact) mass is 336 g/mol. The van der Waals surface area contributed by atoms with Crippen LogP contribution in [0.1, 0.15) is 35.3 Å². The maximum Gasteiger partial charge on any atom is 0.356 e. The van der Waals surface area contributed by atoms with Crippen LogP contribution in [-0.2, 0) is 9.53 Å². The van der Waals surface area contributed by atoms with Gasteiger partial charge in [-0.3, -0.25) is 4.79 Å². The lowest BCUT2D eigenvalue weighted by Gasteiger charge is -2.15. The van der Waals surface area contributed by atoms with Gasteiger partial charge in [0.25, 0.3) is 0 Å². The molecule has 128 valence electrons. The maximum absolute atomic E-state index is 12.9. The van der Waals surface area contributed by atoms with Crippen LogP contribution in [0.5, 0.6) is 0 Å². The highest BCUT2D eigenvalue weighted by molar-refractivity contribution is 6.11. The van der Waals surface area contributed by atoms with Crippen molar-refractivity contribution < 1.29 is 14.3 Å². The third-order valence-corrected chi connectivity index (χ3v) is 4.27. The number of anilines is 1. The minimum atomic E-state index is -0.515. The number of H-pyrrole nitrogens is 1. The molecule has 0 saturated heterocycles. The first kappa shape index (κ1) is 16.8. The Labute approximate surface area is 146 Å². The van der Waals surface area contributed by atoms with Crippen LogP contribution < -0.4 is 5.32 Å². The fourth-order valence-corrected chi connectivity index (χ4v) is 3.00. The Kier molecular flexibility index (Phi) is 4.84. The first-order valence-corrected chi connectivity index (χ1v) is 8.20. The molecule has 3 rings (SSSR count). The molecule has 25 heavy (non-hydrogen) atoms. The molecule has 1 unspecified atom stereocenters. The van der Waals surface area contributed by atoms with E-state index in [1.807, 2.05) is 61.5 Å². The Bertz CT molecular complexity index is 900. The fourth-order valence-electron chi connectivity index (χ4n) is 3.00. The molecule has 1 atom stereocenters. The van der Waals surface area contributed by atoms with Gasteiger partial charge in [0.2, 0.25) is 5.91 Å². The average Bonchev–Trinajstić information content (AvgIpc) is 3.01. The van der Waals surface area contributed by atoms with Crippen molar-refractivity contribution in [2.24, 2.45) is 0 Å². The number of aromatic nitrogens is 1. The summed E-state index contributed by atoms with van der Waals surface area (Å²) >= 11 is 0. The Morgan fingerprint density at radius 1 is 1.08 bits per heavy atom. The Balaban J connectivity index is 1.99. The summed E-state index contributed by atoms with van der Waals surface area (Å²) in [6.07, 6.45) is 0.658. The number of hydrogen-bond acceptors (Lipinski definition) is 3. The number of benzene rings is 2. The van der Waals surface area contributed by atoms with Gasteiger partial charge in [0.1, 0.15) is 5.69 Å². The highest BCUT2D eigenvalue weighted by Crippen LogP contribution is 2.30. The first-order valence-electron chi connectivity index (χ1n) is 8.20. The van der Waals surface area contributed by atoms with Crippen molar-refractivity contribution in [2.75, 3.05) is 12.4 Å². The van der Waals surface area contributed by atoms with Crippen molar-refractivity contribution in [3.05, 3.63) is 65.9 Å². The summed E-state index contributed by atoms with van der Waals surface area (Å²) in [5, 5.41) is 3.70. The van der Waals surface area contributed by atoms with Crippen molar-refractivity contribution in [3.63, 3.8) is 0 Å². The van der Waals surface area contributed by atoms with Crippen LogP contribution in [0.4, 0.5) is 5.69 Å². The van der Waals surface area contributed by atoms with Gasteiger partial charge >= 0.3 is 5.97 Å². The first-order chi connectivity index (χ1) is 12.2. The van der Waals surface area contributed by atoms with Gasteiger partial charge in [-0.15, -0.1) is 0 Å². The summed E-state index contributed by atoms with van der Waals surface area (Å²) < 4.78 is 4.84. The van der Waals surface area contributed by atoms with E-state index in [1.165, 1.54) is 7.11 Å². The number of esters is 1. The van der Waals surface area contributed by atoms with E-state index in [0.29, 0.717) is 12.1 Å². The van der Waals surface area contributed by atoms with Crippen molar-refractivity contribution in [2.45, 2.75) is 19.3 Å². The van der Waals surface area contributed by atoms with E-state index in [-0.39, 0.29) is 17.5 Å². The predicted octanol–water partition coefficient (Wildman–Crippen LogP) is 4.09. The number of aromatic amines is 1. The molecule has 2 N–H and O–H groups in total. The van der Waals surface area contributed by atoms with Gasteiger partial charge in [-0.1, -0.05) is 55.5 Å². The van der Waals surface area contributed by atoms with Crippen LogP contribution >= 0.6 is 0 Å². The number of amides is 1. The molecule has 0 saturated carbocycles. The zero-order valence-corrected chi connectivity index (χ0v) is 14.2. The average molecular weight is 336 g/mol. The summed E-state index contributed by atoms with van der Waals surface area (Å²) in [6, 6.07) is 17.1. The molecular weight excluding hydrogens is 316 g/mol. The molecule has 5 nitrogen and oxygen atoms in total. The zero-order valence-electron chi connectivity index (χ0n) is 14.2. The van der Waals surface area contributed by atoms with Crippen molar-refractivity contribution in [3.8, 4) is 0 Å². The third kappa shape index (κ3) is 3.26. The molecule has 1 heterocycles. The van der Waals surface area contributed by atoms with E-state index in [0.717, 1.165) is 16.5 Å². The SMILES string of the molecule is CCC(C(=O)Nc1c(C(=O)OC)[nH]c2ccccc12)c1ccccc1. The number of carbonyl (C=O) groups is 2. The van der Waals surface area contributed by atoms with E-state index < -0.39 is 5.97 Å². The standard InChI is InChI=1S/C20H20N2O3/c1-3-14(13-9-5-4-6-10-13)19(23)22-17-15-11-7-8-12-16(15)21-18(17)20(24)25-2/h4-12,14,21H,3H2,1-2H3,(H,22,23). The second-order valence-electron chi connectivity index (χ2n) is 5.77. The van der Waals surface area contributed by atoms with E-state index in [9.17, 15) is 9.59 Å². The van der Waals surface area contributed by atoms with Gasteiger partial charge in [-0.05, 0) is 18.1 Å². The lowest BCUT2D eigenvalue weighted by molar-refractivity contribution is -0.117. The lowest BCUT2D eigenvalue weighted by Crippen LogP contribution is -2.22. The van der Waals surface area contributed by atoms with Crippen LogP contribution in [0.15, 0.2) is 54.6 Å². The molecule has 0 spiro atoms. The number of nitrogens with one attached hydrogen (secondary N) is 2. The van der Waals surface area contributed by atoms with Crippen molar-refractivity contribution in [1.29, 1.82) is 0 Å². The minimum absolute atomic E-state index is 0.149. The van der Waals surface area contributed by atoms with E-state index in [4.69, 9.17) is 4.74 Å². The van der Waals surface area contributed by atoms with Gasteiger partial charge in [0, 0.05) is 10.9 Å². The zero-order chi connectivity index (χ0) is 17.8. The highest BCUT2D eigenvalue weighted by Gasteiger charge is 2.24. The summed E-state index contributed by atoms with van der Waals surface area (Å²) in [5.74, 6) is -0.955. The maximum atomic E-state index is 12.9. The number of para-hydroxylation sites is 1. The van der Waals surface area contributed by atoms with E-state index in [1.54, 1.807) is 0 Å². The van der Waals surface area contributed by atoms with Gasteiger partial charge in [-0.25, -0.2) is 4.79 Å². The van der Waals surface area contributed by atoms with E-state index >= 15 is 0 Å². The Hall–Kier alpha value is -3.08. The molecule has 0 aliphatic carbocycles. The van der Waals surface area contributed by atoms with Gasteiger partial charge < -0.3 is 15.0 Å². The molecule has 3 aromatic rings. The number of hydrogen-bond donors (Lipinski definition) is 2. The molecule has 0 radical (unpaired) electrons. The normalized spacial score (nSPS) is 11.9. The van der Waals surface area contributed by atoms with Crippen LogP contribution in [-0.4, -0.2) is 24.0 Å². The third-order valence-electron chi connectivity index (χ3n) is 4.27. The number of methoxy groups -OCH3 is 1. The van der Waals surface area contributed by atoms with Gasteiger partial charge in [0.05, 0.1) is 18.7 Å². The predicted molar refractivity (Wildman–Crippen MR) is 97.7 cm³/mol. The summed E-state index contributed by atoms with van der Waals surface area (Å²) in [5.41, 5.74) is 2.43. The van der Waals surface area contributed by atoms with Crippen LogP contribution in [0.2, 0.25) is 0 Å². The number of fused-ring (bicyclic) bond motifs is 1. The quantitative estimate of drug-likeness (QED) is 0.690. The summed E-state index contributed by atoms with van der Waals surface area (Å²) in [4.78, 5) is 28.0. The highest BCUT2D eigenvalue weighted by atomic mass is 16.5. The Morgan fingerprint density at radius 2 is 1.76 bits per heavy atom. The second-order valence-corrected chi connectivity index (χ2v) is 5.77. The number of ether oxygens (including phenoxy) is 1. The summed E-state index contributed by atoms with van der Waals surface area (Å²) in [7, 11) is 1.32. The topological polar surface area (TPSA) is 71.2 Å². The van der Waals surface area contributed by atoms with Crippen molar-refractivity contribution in [1.82, 2.24) is 4.98 Å². The molecular formula is C20H20N2O3. The van der Waals surface area contributed by atoms with Gasteiger partial charge in [0.15, 0.2) is 0 Å². The fraction of sp³-hybridized carbons (Fsp3) is 0.200. The summed E-state index contributed by atoms with van der Waals surface area (Å²) in [6.45, 7) is 1.97. The van der Waals surface area contributed by atoms with Crippen LogP contribution in [0.3, 0.4) is 0 Å². The molecule has 5 heteroatoms. The van der Waals surface area contributed by atoms with E-state index in [2.05, 4.69) is 10.3 Å². The molecule has 0 bridgehead atoms. The molecule has 0 fully saturated rings. The van der Waals surface area contributed by atoms with Crippen LogP contribution in [0, 0.1) is 0 Å². The molecule has 2 aromatic carbocycles. The lowest BCUT2D eigenvalue weighted by atomic mass is 9.95. The van der Waals surface area contributed by atoms with Crippen molar-refractivity contribution >= 4 is 28.5 Å².